The lowest BCUT2D eigenvalue weighted by atomic mass is 10.2. The molecule has 0 unspecified atom stereocenters. The van der Waals surface area contributed by atoms with Crippen molar-refractivity contribution >= 4 is 0 Å². The van der Waals surface area contributed by atoms with Crippen molar-refractivity contribution in [1.29, 1.82) is 0 Å². The summed E-state index contributed by atoms with van der Waals surface area (Å²) >= 11 is 0. The molecule has 0 saturated carbocycles. The zero-order valence-corrected chi connectivity index (χ0v) is 10.0. The number of fused-ring (bicyclic) bond motifs is 1. The molecule has 0 fully saturated rings. The summed E-state index contributed by atoms with van der Waals surface area (Å²) in [6.45, 7) is 3.91. The van der Waals surface area contributed by atoms with Gasteiger partial charge in [0.05, 0.1) is 17.1 Å². The van der Waals surface area contributed by atoms with Crippen LogP contribution in [0, 0.1) is 6.92 Å². The van der Waals surface area contributed by atoms with E-state index in [0.29, 0.717) is 0 Å². The molecule has 0 radical (unpaired) electrons. The molecule has 0 bridgehead atoms. The summed E-state index contributed by atoms with van der Waals surface area (Å²) in [6, 6.07) is 7.22. The molecule has 17 heavy (non-hydrogen) atoms. The third-order valence-corrected chi connectivity index (χ3v) is 3.21. The smallest absolute Gasteiger partial charge is 0.117 e. The lowest BCUT2D eigenvalue weighted by Gasteiger charge is -2.09. The van der Waals surface area contributed by atoms with Gasteiger partial charge < -0.3 is 5.11 Å². The average molecular weight is 229 g/mol. The standard InChI is InChI=1S/C13H15N3O/c1-9-12-7-15(2)8-13(12)16(14-9)10-4-3-5-11(17)6-10/h3-6,17H,7-8H2,1-2H3. The molecule has 3 rings (SSSR count). The van der Waals surface area contributed by atoms with Gasteiger partial charge in [-0.15, -0.1) is 0 Å². The van der Waals surface area contributed by atoms with Gasteiger partial charge in [0.1, 0.15) is 5.75 Å². The Hall–Kier alpha value is -1.81. The van der Waals surface area contributed by atoms with E-state index in [1.165, 1.54) is 11.3 Å². The van der Waals surface area contributed by atoms with E-state index < -0.39 is 0 Å². The van der Waals surface area contributed by atoms with Crippen molar-refractivity contribution in [3.63, 3.8) is 0 Å². The molecule has 1 aromatic carbocycles. The Morgan fingerprint density at radius 3 is 2.88 bits per heavy atom. The van der Waals surface area contributed by atoms with E-state index in [1.54, 1.807) is 12.1 Å². The summed E-state index contributed by atoms with van der Waals surface area (Å²) < 4.78 is 1.94. The number of phenols is 1. The van der Waals surface area contributed by atoms with Crippen LogP contribution in [0.5, 0.6) is 5.75 Å². The van der Waals surface area contributed by atoms with Gasteiger partial charge >= 0.3 is 0 Å². The van der Waals surface area contributed by atoms with Gasteiger partial charge in [-0.1, -0.05) is 6.07 Å². The van der Waals surface area contributed by atoms with Crippen molar-refractivity contribution in [3.8, 4) is 11.4 Å². The Morgan fingerprint density at radius 1 is 1.29 bits per heavy atom. The van der Waals surface area contributed by atoms with Gasteiger partial charge in [-0.05, 0) is 26.1 Å². The minimum Gasteiger partial charge on any atom is -0.508 e. The predicted molar refractivity (Wildman–Crippen MR) is 65.1 cm³/mol. The van der Waals surface area contributed by atoms with Crippen LogP contribution < -0.4 is 0 Å². The molecule has 0 aliphatic carbocycles. The van der Waals surface area contributed by atoms with E-state index in [4.69, 9.17) is 0 Å². The second-order valence-corrected chi connectivity index (χ2v) is 4.61. The van der Waals surface area contributed by atoms with Gasteiger partial charge in [0.2, 0.25) is 0 Å². The molecule has 0 saturated heterocycles. The van der Waals surface area contributed by atoms with Crippen molar-refractivity contribution in [2.24, 2.45) is 0 Å². The van der Waals surface area contributed by atoms with Crippen LogP contribution in [0.2, 0.25) is 0 Å². The van der Waals surface area contributed by atoms with Gasteiger partial charge in [-0.25, -0.2) is 4.68 Å². The van der Waals surface area contributed by atoms with Crippen LogP contribution in [0.3, 0.4) is 0 Å². The molecule has 1 aromatic heterocycles. The SMILES string of the molecule is Cc1nn(-c2cccc(O)c2)c2c1CN(C)C2. The summed E-state index contributed by atoms with van der Waals surface area (Å²) in [6.07, 6.45) is 0. The topological polar surface area (TPSA) is 41.3 Å². The van der Waals surface area contributed by atoms with Crippen LogP contribution in [0.4, 0.5) is 0 Å². The maximum Gasteiger partial charge on any atom is 0.117 e. The van der Waals surface area contributed by atoms with E-state index in [9.17, 15) is 5.11 Å². The molecule has 1 N–H and O–H groups in total. The Morgan fingerprint density at radius 2 is 2.12 bits per heavy atom. The van der Waals surface area contributed by atoms with E-state index >= 15 is 0 Å². The molecule has 4 heteroatoms. The van der Waals surface area contributed by atoms with Crippen LogP contribution in [0.25, 0.3) is 5.69 Å². The highest BCUT2D eigenvalue weighted by atomic mass is 16.3. The molecule has 88 valence electrons. The molecular weight excluding hydrogens is 214 g/mol. The molecule has 2 aromatic rings. The molecule has 1 aliphatic heterocycles. The van der Waals surface area contributed by atoms with Crippen LogP contribution in [0.1, 0.15) is 17.0 Å². The highest BCUT2D eigenvalue weighted by molar-refractivity contribution is 5.42. The Balaban J connectivity index is 2.14. The molecule has 2 heterocycles. The fraction of sp³-hybridized carbons (Fsp3) is 0.308. The van der Waals surface area contributed by atoms with Gasteiger partial charge in [-0.2, -0.15) is 5.10 Å². The van der Waals surface area contributed by atoms with Gasteiger partial charge in [0, 0.05) is 24.7 Å². The summed E-state index contributed by atoms with van der Waals surface area (Å²) in [5.74, 6) is 0.274. The first kappa shape index (κ1) is 10.4. The van der Waals surface area contributed by atoms with Crippen LogP contribution in [-0.2, 0) is 13.1 Å². The fourth-order valence-corrected chi connectivity index (χ4v) is 2.40. The van der Waals surface area contributed by atoms with Crippen LogP contribution in [0.15, 0.2) is 24.3 Å². The zero-order chi connectivity index (χ0) is 12.0. The molecule has 4 nitrogen and oxygen atoms in total. The number of nitrogens with zero attached hydrogens (tertiary/aromatic N) is 3. The molecule has 0 spiro atoms. The highest BCUT2D eigenvalue weighted by Crippen LogP contribution is 2.27. The summed E-state index contributed by atoms with van der Waals surface area (Å²) in [7, 11) is 2.10. The second-order valence-electron chi connectivity index (χ2n) is 4.61. The lowest BCUT2D eigenvalue weighted by Crippen LogP contribution is -2.11. The van der Waals surface area contributed by atoms with E-state index in [0.717, 1.165) is 24.5 Å². The van der Waals surface area contributed by atoms with Gasteiger partial charge in [0.15, 0.2) is 0 Å². The van der Waals surface area contributed by atoms with E-state index in [-0.39, 0.29) is 5.75 Å². The minimum atomic E-state index is 0.274. The van der Waals surface area contributed by atoms with Gasteiger partial charge in [0.25, 0.3) is 0 Å². The van der Waals surface area contributed by atoms with E-state index in [2.05, 4.69) is 17.0 Å². The Bertz CT molecular complexity index is 574. The van der Waals surface area contributed by atoms with Crippen molar-refractivity contribution in [2.45, 2.75) is 20.0 Å². The molecule has 1 aliphatic rings. The zero-order valence-electron chi connectivity index (χ0n) is 10.0. The first-order valence-corrected chi connectivity index (χ1v) is 5.70. The van der Waals surface area contributed by atoms with Crippen molar-refractivity contribution in [3.05, 3.63) is 41.2 Å². The number of aromatic hydroxyl groups is 1. The Labute approximate surface area is 100 Å². The monoisotopic (exact) mass is 229 g/mol. The van der Waals surface area contributed by atoms with Crippen LogP contribution in [-0.4, -0.2) is 26.8 Å². The molecular formula is C13H15N3O. The maximum absolute atomic E-state index is 9.53. The van der Waals surface area contributed by atoms with Crippen molar-refractivity contribution < 1.29 is 5.11 Å². The van der Waals surface area contributed by atoms with Crippen molar-refractivity contribution in [2.75, 3.05) is 7.05 Å². The molecule has 0 atom stereocenters. The predicted octanol–water partition coefficient (Wildman–Crippen LogP) is 1.83. The van der Waals surface area contributed by atoms with Crippen molar-refractivity contribution in [1.82, 2.24) is 14.7 Å². The third-order valence-electron chi connectivity index (χ3n) is 3.21. The number of aromatic nitrogens is 2. The lowest BCUT2D eigenvalue weighted by molar-refractivity contribution is 0.345. The number of aryl methyl sites for hydroxylation is 1. The number of phenolic OH excluding ortho intramolecular Hbond substituents is 1. The summed E-state index contributed by atoms with van der Waals surface area (Å²) in [4.78, 5) is 2.26. The first-order valence-electron chi connectivity index (χ1n) is 5.70. The van der Waals surface area contributed by atoms with E-state index in [1.807, 2.05) is 23.7 Å². The average Bonchev–Trinajstić information content (AvgIpc) is 2.79. The third kappa shape index (κ3) is 1.61. The number of benzene rings is 1. The summed E-state index contributed by atoms with van der Waals surface area (Å²) in [5.41, 5.74) is 4.55. The quantitative estimate of drug-likeness (QED) is 0.811. The number of hydrogen-bond donors (Lipinski definition) is 1. The largest absolute Gasteiger partial charge is 0.508 e. The Kier molecular flexibility index (Phi) is 2.19. The maximum atomic E-state index is 9.53. The minimum absolute atomic E-state index is 0.274. The van der Waals surface area contributed by atoms with Gasteiger partial charge in [-0.3, -0.25) is 4.90 Å². The number of rotatable bonds is 1. The number of hydrogen-bond acceptors (Lipinski definition) is 3. The normalized spacial score (nSPS) is 15.2. The first-order chi connectivity index (χ1) is 8.15. The second kappa shape index (κ2) is 3.60. The van der Waals surface area contributed by atoms with Crippen LogP contribution >= 0.6 is 0 Å². The fourth-order valence-electron chi connectivity index (χ4n) is 2.40. The summed E-state index contributed by atoms with van der Waals surface area (Å²) in [5, 5.41) is 14.1. The highest BCUT2D eigenvalue weighted by Gasteiger charge is 2.24. The molecule has 0 amide bonds.